The molecular weight excluding hydrogens is 426 g/mol. The number of H-pyrrole nitrogens is 1. The molecule has 5 aromatic rings. The standard InChI is InChI=1S/C28H21N3O3/c1-34-18-12-10-17(11-13-18)16-31-25-9-5-3-7-20(25)26(28(31)33)21-14-24(30-27(21)32)22-15-29-23-8-4-2-6-19(22)23/h2-15,29,33H,16H2,1H3. The van der Waals surface area contributed by atoms with Crippen LogP contribution in [0, 0.1) is 0 Å². The van der Waals surface area contributed by atoms with Gasteiger partial charge in [-0.15, -0.1) is 0 Å². The second kappa shape index (κ2) is 7.78. The monoisotopic (exact) mass is 447 g/mol. The van der Waals surface area contributed by atoms with Crippen LogP contribution in [0.1, 0.15) is 16.7 Å². The number of methoxy groups -OCH3 is 1. The fourth-order valence-electron chi connectivity index (χ4n) is 4.63. The molecule has 0 aliphatic carbocycles. The van der Waals surface area contributed by atoms with Crippen molar-refractivity contribution in [2.45, 2.75) is 6.54 Å². The summed E-state index contributed by atoms with van der Waals surface area (Å²) in [5.41, 5.74) is 5.18. The summed E-state index contributed by atoms with van der Waals surface area (Å²) in [4.78, 5) is 20.6. The Labute approximate surface area is 195 Å². The highest BCUT2D eigenvalue weighted by Gasteiger charge is 2.28. The Hall–Kier alpha value is -4.58. The molecule has 0 atom stereocenters. The quantitative estimate of drug-likeness (QED) is 0.384. The lowest BCUT2D eigenvalue weighted by atomic mass is 10.0. The molecule has 0 bridgehead atoms. The van der Waals surface area contributed by atoms with Crippen molar-refractivity contribution in [1.82, 2.24) is 9.55 Å². The van der Waals surface area contributed by atoms with E-state index in [1.165, 1.54) is 0 Å². The number of ether oxygens (including phenoxy) is 1. The van der Waals surface area contributed by atoms with Crippen molar-refractivity contribution in [2.75, 3.05) is 7.11 Å². The zero-order valence-electron chi connectivity index (χ0n) is 18.4. The highest BCUT2D eigenvalue weighted by Crippen LogP contribution is 2.39. The van der Waals surface area contributed by atoms with Gasteiger partial charge in [-0.05, 0) is 35.9 Å². The average molecular weight is 447 g/mol. The molecule has 0 spiro atoms. The zero-order chi connectivity index (χ0) is 23.2. The molecule has 2 aromatic heterocycles. The maximum atomic E-state index is 13.1. The van der Waals surface area contributed by atoms with E-state index in [1.54, 1.807) is 13.2 Å². The Morgan fingerprint density at radius 1 is 0.971 bits per heavy atom. The molecule has 0 unspecified atom stereocenters. The average Bonchev–Trinajstić information content (AvgIpc) is 3.54. The predicted molar refractivity (Wildman–Crippen MR) is 134 cm³/mol. The number of nitrogens with one attached hydrogen (secondary N) is 1. The normalized spacial score (nSPS) is 13.5. The van der Waals surface area contributed by atoms with Gasteiger partial charge in [-0.25, -0.2) is 4.99 Å². The summed E-state index contributed by atoms with van der Waals surface area (Å²) in [6, 6.07) is 23.3. The highest BCUT2D eigenvalue weighted by atomic mass is 16.5. The van der Waals surface area contributed by atoms with Gasteiger partial charge in [0.1, 0.15) is 5.75 Å². The van der Waals surface area contributed by atoms with Gasteiger partial charge in [-0.2, -0.15) is 0 Å². The van der Waals surface area contributed by atoms with Gasteiger partial charge in [0.05, 0.1) is 36.0 Å². The second-order valence-electron chi connectivity index (χ2n) is 8.26. The van der Waals surface area contributed by atoms with E-state index in [0.717, 1.165) is 38.7 Å². The lowest BCUT2D eigenvalue weighted by Gasteiger charge is -2.08. The van der Waals surface area contributed by atoms with Crippen LogP contribution in [0.2, 0.25) is 0 Å². The number of carbonyl (C=O) groups excluding carboxylic acids is 1. The van der Waals surface area contributed by atoms with Crippen LogP contribution in [-0.2, 0) is 11.3 Å². The molecule has 34 heavy (non-hydrogen) atoms. The molecule has 3 aromatic carbocycles. The predicted octanol–water partition coefficient (Wildman–Crippen LogP) is 5.30. The van der Waals surface area contributed by atoms with Crippen molar-refractivity contribution in [3.8, 4) is 11.6 Å². The maximum absolute atomic E-state index is 13.1. The van der Waals surface area contributed by atoms with Gasteiger partial charge in [-0.1, -0.05) is 48.5 Å². The van der Waals surface area contributed by atoms with E-state index >= 15 is 0 Å². The number of aromatic hydroxyl groups is 1. The molecule has 1 aliphatic rings. The van der Waals surface area contributed by atoms with Gasteiger partial charge in [0.15, 0.2) is 0 Å². The molecule has 6 heteroatoms. The third-order valence-electron chi connectivity index (χ3n) is 6.31. The van der Waals surface area contributed by atoms with Crippen LogP contribution in [0.5, 0.6) is 11.6 Å². The van der Waals surface area contributed by atoms with Crippen LogP contribution in [-0.4, -0.2) is 33.4 Å². The number of aromatic amines is 1. The highest BCUT2D eigenvalue weighted by molar-refractivity contribution is 6.39. The van der Waals surface area contributed by atoms with Crippen molar-refractivity contribution in [3.05, 3.63) is 102 Å². The Morgan fingerprint density at radius 2 is 1.71 bits per heavy atom. The van der Waals surface area contributed by atoms with Crippen molar-refractivity contribution in [2.24, 2.45) is 4.99 Å². The molecule has 166 valence electrons. The first-order valence-corrected chi connectivity index (χ1v) is 11.0. The van der Waals surface area contributed by atoms with Crippen LogP contribution in [0.15, 0.2) is 90.1 Å². The van der Waals surface area contributed by atoms with Gasteiger partial charge in [0, 0.05) is 28.0 Å². The minimum Gasteiger partial charge on any atom is -0.497 e. The number of hydrogen-bond acceptors (Lipinski definition) is 3. The summed E-state index contributed by atoms with van der Waals surface area (Å²) in [5, 5.41) is 13.1. The fraction of sp³-hybridized carbons (Fsp3) is 0.0714. The van der Waals surface area contributed by atoms with E-state index in [2.05, 4.69) is 9.98 Å². The van der Waals surface area contributed by atoms with Crippen molar-refractivity contribution >= 4 is 39.0 Å². The first-order chi connectivity index (χ1) is 16.6. The van der Waals surface area contributed by atoms with E-state index < -0.39 is 0 Å². The van der Waals surface area contributed by atoms with Crippen LogP contribution >= 0.6 is 0 Å². The number of amides is 1. The van der Waals surface area contributed by atoms with E-state index in [1.807, 2.05) is 83.6 Å². The molecule has 1 aliphatic heterocycles. The van der Waals surface area contributed by atoms with Crippen LogP contribution in [0.4, 0.5) is 0 Å². The number of allylic oxidation sites excluding steroid dienone is 1. The van der Waals surface area contributed by atoms with Gasteiger partial charge in [0.25, 0.3) is 5.91 Å². The van der Waals surface area contributed by atoms with Crippen molar-refractivity contribution in [1.29, 1.82) is 0 Å². The summed E-state index contributed by atoms with van der Waals surface area (Å²) in [6.45, 7) is 0.452. The van der Waals surface area contributed by atoms with Gasteiger partial charge in [0.2, 0.25) is 5.88 Å². The van der Waals surface area contributed by atoms with Gasteiger partial charge in [-0.3, -0.25) is 4.79 Å². The Morgan fingerprint density at radius 3 is 2.50 bits per heavy atom. The Kier molecular flexibility index (Phi) is 4.59. The fourth-order valence-corrected chi connectivity index (χ4v) is 4.63. The first kappa shape index (κ1) is 20.1. The number of hydrogen-bond donors (Lipinski definition) is 2. The molecule has 0 radical (unpaired) electrons. The minimum atomic E-state index is -0.358. The smallest absolute Gasteiger partial charge is 0.278 e. The molecule has 0 fully saturated rings. The number of benzene rings is 3. The zero-order valence-corrected chi connectivity index (χ0v) is 18.4. The number of nitrogens with zero attached hydrogens (tertiary/aromatic N) is 2. The lowest BCUT2D eigenvalue weighted by molar-refractivity contribution is -0.112. The number of carbonyl (C=O) groups is 1. The summed E-state index contributed by atoms with van der Waals surface area (Å²) in [6.07, 6.45) is 3.64. The lowest BCUT2D eigenvalue weighted by Crippen LogP contribution is -2.00. The van der Waals surface area contributed by atoms with Crippen LogP contribution < -0.4 is 4.74 Å². The molecule has 1 amide bonds. The second-order valence-corrected chi connectivity index (χ2v) is 8.26. The van der Waals surface area contributed by atoms with E-state index in [4.69, 9.17) is 4.74 Å². The first-order valence-electron chi connectivity index (χ1n) is 11.0. The number of fused-ring (bicyclic) bond motifs is 2. The summed E-state index contributed by atoms with van der Waals surface area (Å²) in [7, 11) is 1.63. The van der Waals surface area contributed by atoms with E-state index in [-0.39, 0.29) is 11.8 Å². The minimum absolute atomic E-state index is 0.0481. The number of para-hydroxylation sites is 2. The molecule has 6 rings (SSSR count). The molecular formula is C28H21N3O3. The molecule has 6 nitrogen and oxygen atoms in total. The molecule has 2 N–H and O–H groups in total. The molecule has 0 saturated carbocycles. The van der Waals surface area contributed by atoms with E-state index in [9.17, 15) is 9.90 Å². The van der Waals surface area contributed by atoms with E-state index in [0.29, 0.717) is 23.4 Å². The van der Waals surface area contributed by atoms with Gasteiger partial charge >= 0.3 is 0 Å². The van der Waals surface area contributed by atoms with Crippen molar-refractivity contribution < 1.29 is 14.6 Å². The topological polar surface area (TPSA) is 79.6 Å². The number of aliphatic imine (C=N–C) groups is 1. The Balaban J connectivity index is 1.45. The maximum Gasteiger partial charge on any atom is 0.278 e. The Bertz CT molecular complexity index is 1640. The summed E-state index contributed by atoms with van der Waals surface area (Å²) < 4.78 is 7.07. The number of rotatable bonds is 5. The van der Waals surface area contributed by atoms with Gasteiger partial charge < -0.3 is 19.4 Å². The third-order valence-corrected chi connectivity index (χ3v) is 6.31. The summed E-state index contributed by atoms with van der Waals surface area (Å²) >= 11 is 0. The molecule has 3 heterocycles. The number of aromatic nitrogens is 2. The largest absolute Gasteiger partial charge is 0.497 e. The SMILES string of the molecule is COc1ccc(Cn2c(O)c(C3=CC(c4c[nH]c5ccccc45)=NC3=O)c3ccccc32)cc1. The molecule has 0 saturated heterocycles. The third kappa shape index (κ3) is 3.11. The van der Waals surface area contributed by atoms with Crippen LogP contribution in [0.25, 0.3) is 27.4 Å². The van der Waals surface area contributed by atoms with Crippen LogP contribution in [0.3, 0.4) is 0 Å². The van der Waals surface area contributed by atoms with Crippen molar-refractivity contribution in [3.63, 3.8) is 0 Å². The summed E-state index contributed by atoms with van der Waals surface area (Å²) in [5.74, 6) is 0.463.